The van der Waals surface area contributed by atoms with Crippen molar-refractivity contribution >= 4 is 33.2 Å². The monoisotopic (exact) mass is 340 g/mol. The van der Waals surface area contributed by atoms with Crippen LogP contribution >= 0.6 is 23.2 Å². The molecule has 0 heterocycles. The van der Waals surface area contributed by atoms with Gasteiger partial charge in [-0.25, -0.2) is 17.5 Å². The third kappa shape index (κ3) is 3.43. The smallest absolute Gasteiger partial charge is 0.242 e. The van der Waals surface area contributed by atoms with E-state index in [9.17, 15) is 12.8 Å². The molecule has 0 bridgehead atoms. The molecule has 4 nitrogen and oxygen atoms in total. The molecule has 0 amide bonds. The first-order chi connectivity index (χ1) is 9.31. The van der Waals surface area contributed by atoms with Crippen molar-refractivity contribution in [2.24, 2.45) is 5.73 Å². The normalized spacial score (nSPS) is 23.8. The van der Waals surface area contributed by atoms with E-state index >= 15 is 0 Å². The Kier molecular flexibility index (Phi) is 4.92. The summed E-state index contributed by atoms with van der Waals surface area (Å²) < 4.78 is 40.6. The Labute approximate surface area is 127 Å². The Morgan fingerprint density at radius 1 is 1.20 bits per heavy atom. The molecule has 112 valence electrons. The van der Waals surface area contributed by atoms with Gasteiger partial charge in [-0.05, 0) is 37.8 Å². The zero-order chi connectivity index (χ0) is 14.9. The van der Waals surface area contributed by atoms with Crippen molar-refractivity contribution in [1.29, 1.82) is 0 Å². The average Bonchev–Trinajstić information content (AvgIpc) is 2.38. The lowest BCUT2D eigenvalue weighted by molar-refractivity contribution is 0.373. The highest BCUT2D eigenvalue weighted by molar-refractivity contribution is 7.89. The van der Waals surface area contributed by atoms with Gasteiger partial charge in [-0.3, -0.25) is 0 Å². The Balaban J connectivity index is 2.21. The molecule has 0 unspecified atom stereocenters. The molecule has 1 fully saturated rings. The average molecular weight is 341 g/mol. The topological polar surface area (TPSA) is 72.2 Å². The summed E-state index contributed by atoms with van der Waals surface area (Å²) in [5.41, 5.74) is 5.77. The second-order valence-electron chi connectivity index (χ2n) is 4.91. The molecule has 2 rings (SSSR count). The fraction of sp³-hybridized carbons (Fsp3) is 0.500. The van der Waals surface area contributed by atoms with E-state index in [1.165, 1.54) is 12.1 Å². The van der Waals surface area contributed by atoms with Crippen molar-refractivity contribution in [3.8, 4) is 0 Å². The second-order valence-corrected chi connectivity index (χ2v) is 7.37. The minimum Gasteiger partial charge on any atom is -0.328 e. The summed E-state index contributed by atoms with van der Waals surface area (Å²) >= 11 is 11.3. The van der Waals surface area contributed by atoms with Gasteiger partial charge in [-0.1, -0.05) is 23.2 Å². The number of benzene rings is 1. The van der Waals surface area contributed by atoms with Crippen LogP contribution in [-0.4, -0.2) is 20.5 Å². The van der Waals surface area contributed by atoms with E-state index in [1.807, 2.05) is 0 Å². The fourth-order valence-electron chi connectivity index (χ4n) is 2.24. The molecule has 0 radical (unpaired) electrons. The lowest BCUT2D eigenvalue weighted by atomic mass is 9.93. The summed E-state index contributed by atoms with van der Waals surface area (Å²) in [6, 6.07) is 2.29. The first-order valence-corrected chi connectivity index (χ1v) is 8.46. The van der Waals surface area contributed by atoms with Crippen molar-refractivity contribution in [2.75, 3.05) is 0 Å². The van der Waals surface area contributed by atoms with E-state index < -0.39 is 20.9 Å². The standard InChI is InChI=1S/C12H15Cl2FN2O2S/c13-9-5-6-10(11(14)12(9)15)20(18,19)17-8-3-1-7(16)2-4-8/h5-8,17H,1-4,16H2. The quantitative estimate of drug-likeness (QED) is 0.831. The van der Waals surface area contributed by atoms with Crippen LogP contribution in [0.5, 0.6) is 0 Å². The number of halogens is 3. The molecule has 1 aromatic carbocycles. The van der Waals surface area contributed by atoms with Crippen molar-refractivity contribution in [3.05, 3.63) is 28.0 Å². The van der Waals surface area contributed by atoms with E-state index in [2.05, 4.69) is 4.72 Å². The van der Waals surface area contributed by atoms with Crippen LogP contribution in [0.15, 0.2) is 17.0 Å². The maximum absolute atomic E-state index is 13.6. The molecular weight excluding hydrogens is 326 g/mol. The molecule has 1 aliphatic carbocycles. The second kappa shape index (κ2) is 6.15. The Hall–Kier alpha value is -0.400. The first-order valence-electron chi connectivity index (χ1n) is 6.22. The highest BCUT2D eigenvalue weighted by Gasteiger charge is 2.27. The van der Waals surface area contributed by atoms with Gasteiger partial charge < -0.3 is 5.73 Å². The number of sulfonamides is 1. The predicted molar refractivity (Wildman–Crippen MR) is 77.0 cm³/mol. The molecule has 20 heavy (non-hydrogen) atoms. The van der Waals surface area contributed by atoms with Gasteiger partial charge in [0.1, 0.15) is 4.90 Å². The van der Waals surface area contributed by atoms with Gasteiger partial charge >= 0.3 is 0 Å². The van der Waals surface area contributed by atoms with E-state index in [-0.39, 0.29) is 22.0 Å². The Bertz CT molecular complexity index is 602. The summed E-state index contributed by atoms with van der Waals surface area (Å²) in [4.78, 5) is -0.295. The van der Waals surface area contributed by atoms with Crippen LogP contribution in [0.25, 0.3) is 0 Å². The fourth-order valence-corrected chi connectivity index (χ4v) is 4.29. The molecule has 8 heteroatoms. The van der Waals surface area contributed by atoms with Gasteiger partial charge in [0.15, 0.2) is 5.82 Å². The van der Waals surface area contributed by atoms with Crippen molar-refractivity contribution in [1.82, 2.24) is 4.72 Å². The Morgan fingerprint density at radius 3 is 2.40 bits per heavy atom. The molecule has 0 saturated heterocycles. The summed E-state index contributed by atoms with van der Waals surface area (Å²) in [6.07, 6.45) is 2.84. The lowest BCUT2D eigenvalue weighted by Crippen LogP contribution is -2.40. The maximum atomic E-state index is 13.6. The number of rotatable bonds is 3. The van der Waals surface area contributed by atoms with Crippen LogP contribution in [0.4, 0.5) is 4.39 Å². The number of nitrogens with two attached hydrogens (primary N) is 1. The highest BCUT2D eigenvalue weighted by Crippen LogP contribution is 2.30. The van der Waals surface area contributed by atoms with Gasteiger partial charge in [0.05, 0.1) is 10.0 Å². The van der Waals surface area contributed by atoms with Crippen molar-refractivity contribution in [2.45, 2.75) is 42.7 Å². The third-order valence-electron chi connectivity index (χ3n) is 3.38. The predicted octanol–water partition coefficient (Wildman–Crippen LogP) is 2.68. The van der Waals surface area contributed by atoms with Gasteiger partial charge in [0.25, 0.3) is 0 Å². The van der Waals surface area contributed by atoms with E-state index in [4.69, 9.17) is 28.9 Å². The molecule has 0 aromatic heterocycles. The summed E-state index contributed by atoms with van der Waals surface area (Å²) in [6.45, 7) is 0. The zero-order valence-electron chi connectivity index (χ0n) is 10.6. The molecule has 1 aliphatic rings. The van der Waals surface area contributed by atoms with Crippen LogP contribution in [-0.2, 0) is 10.0 Å². The van der Waals surface area contributed by atoms with Crippen LogP contribution in [0.3, 0.4) is 0 Å². The summed E-state index contributed by atoms with van der Waals surface area (Å²) in [5.74, 6) is -0.929. The van der Waals surface area contributed by atoms with Gasteiger partial charge in [0, 0.05) is 12.1 Å². The van der Waals surface area contributed by atoms with Crippen LogP contribution < -0.4 is 10.5 Å². The van der Waals surface area contributed by atoms with Crippen molar-refractivity contribution < 1.29 is 12.8 Å². The van der Waals surface area contributed by atoms with E-state index in [1.54, 1.807) is 0 Å². The summed E-state index contributed by atoms with van der Waals surface area (Å²) in [5, 5.41) is -0.699. The third-order valence-corrected chi connectivity index (χ3v) is 5.72. The summed E-state index contributed by atoms with van der Waals surface area (Å²) in [7, 11) is -3.87. The molecule has 0 aliphatic heterocycles. The van der Waals surface area contributed by atoms with Crippen LogP contribution in [0, 0.1) is 5.82 Å². The van der Waals surface area contributed by atoms with E-state index in [0.717, 1.165) is 12.8 Å². The maximum Gasteiger partial charge on any atom is 0.242 e. The molecule has 0 atom stereocenters. The molecular formula is C12H15Cl2FN2O2S. The van der Waals surface area contributed by atoms with Gasteiger partial charge in [-0.15, -0.1) is 0 Å². The minimum atomic E-state index is -3.87. The van der Waals surface area contributed by atoms with Crippen LogP contribution in [0.1, 0.15) is 25.7 Å². The first kappa shape index (κ1) is 16.0. The van der Waals surface area contributed by atoms with Crippen LogP contribution in [0.2, 0.25) is 10.0 Å². The Morgan fingerprint density at radius 2 is 1.80 bits per heavy atom. The van der Waals surface area contributed by atoms with Gasteiger partial charge in [-0.2, -0.15) is 0 Å². The zero-order valence-corrected chi connectivity index (χ0v) is 12.9. The molecule has 3 N–H and O–H groups in total. The van der Waals surface area contributed by atoms with Gasteiger partial charge in [0.2, 0.25) is 10.0 Å². The molecule has 1 saturated carbocycles. The molecule has 1 aromatic rings. The number of nitrogens with one attached hydrogen (secondary N) is 1. The SMILES string of the molecule is NC1CCC(NS(=O)(=O)c2ccc(Cl)c(F)c2Cl)CC1. The largest absolute Gasteiger partial charge is 0.328 e. The van der Waals surface area contributed by atoms with E-state index in [0.29, 0.717) is 12.8 Å². The number of hydrogen-bond donors (Lipinski definition) is 2. The highest BCUT2D eigenvalue weighted by atomic mass is 35.5. The molecule has 0 spiro atoms. The number of hydrogen-bond acceptors (Lipinski definition) is 3. The minimum absolute atomic E-state index is 0.118. The lowest BCUT2D eigenvalue weighted by Gasteiger charge is -2.26. The van der Waals surface area contributed by atoms with Crippen molar-refractivity contribution in [3.63, 3.8) is 0 Å².